The van der Waals surface area contributed by atoms with Crippen molar-refractivity contribution in [2.45, 2.75) is 31.7 Å². The summed E-state index contributed by atoms with van der Waals surface area (Å²) in [4.78, 5) is 23.9. The van der Waals surface area contributed by atoms with Gasteiger partial charge in [-0.1, -0.05) is 49.7 Å². The number of amides is 1. The molecular formula is C25H25ClN2O5S. The van der Waals surface area contributed by atoms with Crippen LogP contribution in [-0.2, 0) is 14.8 Å². The Morgan fingerprint density at radius 2 is 1.62 bits per heavy atom. The predicted octanol–water partition coefficient (Wildman–Crippen LogP) is 4.96. The van der Waals surface area contributed by atoms with Crippen molar-refractivity contribution in [2.75, 3.05) is 4.72 Å². The van der Waals surface area contributed by atoms with Crippen LogP contribution in [0.5, 0.6) is 0 Å². The lowest BCUT2D eigenvalue weighted by molar-refractivity contribution is -0.140. The number of halogens is 1. The zero-order valence-corrected chi connectivity index (χ0v) is 20.4. The Balaban J connectivity index is 1.78. The van der Waals surface area contributed by atoms with Crippen molar-refractivity contribution in [3.05, 3.63) is 82.9 Å². The van der Waals surface area contributed by atoms with Crippen LogP contribution in [0.1, 0.15) is 29.8 Å². The first-order chi connectivity index (χ1) is 16.0. The summed E-state index contributed by atoms with van der Waals surface area (Å²) in [5, 5.41) is 12.3. The summed E-state index contributed by atoms with van der Waals surface area (Å²) < 4.78 is 28.1. The standard InChI is InChI=1S/C25H25ClN2O5S/c1-15(2)23(25(30)31)27-24(29)18-9-7-17(8-10-18)19-5-4-6-20(14-19)28-34(32,33)21-11-12-22(26)16(3)13-21/h4-15,23,28H,1-3H3,(H,27,29)(H,30,31)/t23-/m0/s1. The Morgan fingerprint density at radius 3 is 2.21 bits per heavy atom. The molecule has 0 spiro atoms. The summed E-state index contributed by atoms with van der Waals surface area (Å²) in [7, 11) is -3.80. The van der Waals surface area contributed by atoms with Crippen molar-refractivity contribution in [1.29, 1.82) is 0 Å². The molecular weight excluding hydrogens is 476 g/mol. The summed E-state index contributed by atoms with van der Waals surface area (Å²) in [5.41, 5.74) is 2.87. The van der Waals surface area contributed by atoms with Gasteiger partial charge in [-0.25, -0.2) is 13.2 Å². The van der Waals surface area contributed by atoms with Gasteiger partial charge in [-0.2, -0.15) is 0 Å². The molecule has 0 aliphatic carbocycles. The Kier molecular flexibility index (Phi) is 7.64. The molecule has 1 amide bonds. The highest BCUT2D eigenvalue weighted by Crippen LogP contribution is 2.26. The number of benzene rings is 3. The Bertz CT molecular complexity index is 1320. The maximum Gasteiger partial charge on any atom is 0.326 e. The van der Waals surface area contributed by atoms with E-state index in [1.54, 1.807) is 69.3 Å². The molecule has 0 saturated heterocycles. The smallest absolute Gasteiger partial charge is 0.326 e. The first-order valence-corrected chi connectivity index (χ1v) is 12.4. The van der Waals surface area contributed by atoms with Crippen LogP contribution in [-0.4, -0.2) is 31.4 Å². The first-order valence-electron chi connectivity index (χ1n) is 10.5. The molecule has 3 aromatic carbocycles. The Hall–Kier alpha value is -3.36. The van der Waals surface area contributed by atoms with Crippen LogP contribution in [0.25, 0.3) is 11.1 Å². The van der Waals surface area contributed by atoms with E-state index in [0.29, 0.717) is 21.8 Å². The average Bonchev–Trinajstić information content (AvgIpc) is 2.78. The van der Waals surface area contributed by atoms with E-state index in [0.717, 1.165) is 11.1 Å². The van der Waals surface area contributed by atoms with Crippen molar-refractivity contribution >= 4 is 39.2 Å². The third-order valence-electron chi connectivity index (χ3n) is 5.25. The number of carboxylic acid groups (broad SMARTS) is 1. The lowest BCUT2D eigenvalue weighted by Gasteiger charge is -2.18. The lowest BCUT2D eigenvalue weighted by Crippen LogP contribution is -2.44. The fraction of sp³-hybridized carbons (Fsp3) is 0.200. The van der Waals surface area contributed by atoms with E-state index >= 15 is 0 Å². The minimum atomic E-state index is -3.80. The van der Waals surface area contributed by atoms with Crippen molar-refractivity contribution < 1.29 is 23.1 Å². The molecule has 3 N–H and O–H groups in total. The quantitative estimate of drug-likeness (QED) is 0.405. The molecule has 34 heavy (non-hydrogen) atoms. The molecule has 0 unspecified atom stereocenters. The van der Waals surface area contributed by atoms with Crippen LogP contribution >= 0.6 is 11.6 Å². The van der Waals surface area contributed by atoms with Gasteiger partial charge in [0.1, 0.15) is 6.04 Å². The number of hydrogen-bond acceptors (Lipinski definition) is 4. The second-order valence-electron chi connectivity index (χ2n) is 8.21. The van der Waals surface area contributed by atoms with Crippen molar-refractivity contribution in [1.82, 2.24) is 5.32 Å². The van der Waals surface area contributed by atoms with E-state index in [1.807, 2.05) is 6.07 Å². The van der Waals surface area contributed by atoms with Crippen LogP contribution in [0.4, 0.5) is 5.69 Å². The van der Waals surface area contributed by atoms with Gasteiger partial charge >= 0.3 is 5.97 Å². The molecule has 178 valence electrons. The second-order valence-corrected chi connectivity index (χ2v) is 10.3. The largest absolute Gasteiger partial charge is 0.480 e. The molecule has 0 aromatic heterocycles. The number of anilines is 1. The Morgan fingerprint density at radius 1 is 0.941 bits per heavy atom. The van der Waals surface area contributed by atoms with E-state index in [2.05, 4.69) is 10.0 Å². The monoisotopic (exact) mass is 500 g/mol. The normalized spacial score (nSPS) is 12.3. The van der Waals surface area contributed by atoms with Crippen LogP contribution in [0.3, 0.4) is 0 Å². The maximum absolute atomic E-state index is 12.8. The number of sulfonamides is 1. The number of carboxylic acids is 1. The molecule has 3 aromatic rings. The summed E-state index contributed by atoms with van der Waals surface area (Å²) in [6, 6.07) is 17.0. The molecule has 0 fully saturated rings. The van der Waals surface area contributed by atoms with Crippen LogP contribution in [0.2, 0.25) is 5.02 Å². The molecule has 9 heteroatoms. The molecule has 0 saturated carbocycles. The van der Waals surface area contributed by atoms with Gasteiger partial charge in [0.15, 0.2) is 0 Å². The minimum absolute atomic E-state index is 0.108. The number of carbonyl (C=O) groups is 2. The van der Waals surface area contributed by atoms with Crippen molar-refractivity contribution in [3.8, 4) is 11.1 Å². The van der Waals surface area contributed by atoms with Gasteiger partial charge in [-0.3, -0.25) is 9.52 Å². The average molecular weight is 501 g/mol. The fourth-order valence-electron chi connectivity index (χ4n) is 3.31. The van der Waals surface area contributed by atoms with Crippen LogP contribution < -0.4 is 10.0 Å². The molecule has 0 aliphatic heterocycles. The summed E-state index contributed by atoms with van der Waals surface area (Å²) in [6.07, 6.45) is 0. The highest BCUT2D eigenvalue weighted by Gasteiger charge is 2.24. The highest BCUT2D eigenvalue weighted by atomic mass is 35.5. The number of aliphatic carboxylic acids is 1. The molecule has 3 rings (SSSR count). The number of nitrogens with one attached hydrogen (secondary N) is 2. The SMILES string of the molecule is Cc1cc(S(=O)(=O)Nc2cccc(-c3ccc(C(=O)N[C@H](C(=O)O)C(C)C)cc3)c2)ccc1Cl. The number of hydrogen-bond donors (Lipinski definition) is 3. The van der Waals surface area contributed by atoms with Gasteiger partial charge in [0, 0.05) is 16.3 Å². The zero-order chi connectivity index (χ0) is 25.0. The zero-order valence-electron chi connectivity index (χ0n) is 18.9. The number of rotatable bonds is 8. The molecule has 7 nitrogen and oxygen atoms in total. The lowest BCUT2D eigenvalue weighted by atomic mass is 10.0. The van der Waals surface area contributed by atoms with E-state index in [-0.39, 0.29) is 10.8 Å². The molecule has 0 bridgehead atoms. The molecule has 0 heterocycles. The van der Waals surface area contributed by atoms with Gasteiger partial charge in [-0.05, 0) is 72.0 Å². The van der Waals surface area contributed by atoms with E-state index in [1.165, 1.54) is 12.1 Å². The Labute approximate surface area is 203 Å². The fourth-order valence-corrected chi connectivity index (χ4v) is 4.56. The van der Waals surface area contributed by atoms with Crippen molar-refractivity contribution in [2.24, 2.45) is 5.92 Å². The van der Waals surface area contributed by atoms with Gasteiger partial charge in [0.2, 0.25) is 0 Å². The van der Waals surface area contributed by atoms with E-state index < -0.39 is 27.9 Å². The second kappa shape index (κ2) is 10.3. The van der Waals surface area contributed by atoms with Gasteiger partial charge in [0.05, 0.1) is 4.90 Å². The third-order valence-corrected chi connectivity index (χ3v) is 7.06. The van der Waals surface area contributed by atoms with Crippen LogP contribution in [0.15, 0.2) is 71.6 Å². The first kappa shape index (κ1) is 25.3. The minimum Gasteiger partial charge on any atom is -0.480 e. The molecule has 0 radical (unpaired) electrons. The van der Waals surface area contributed by atoms with E-state index in [9.17, 15) is 23.1 Å². The molecule has 1 atom stereocenters. The topological polar surface area (TPSA) is 113 Å². The third kappa shape index (κ3) is 5.95. The highest BCUT2D eigenvalue weighted by molar-refractivity contribution is 7.92. The number of aryl methyl sites for hydroxylation is 1. The summed E-state index contributed by atoms with van der Waals surface area (Å²) >= 11 is 6.00. The maximum atomic E-state index is 12.8. The van der Waals surface area contributed by atoms with Gasteiger partial charge in [-0.15, -0.1) is 0 Å². The predicted molar refractivity (Wildman–Crippen MR) is 133 cm³/mol. The van der Waals surface area contributed by atoms with E-state index in [4.69, 9.17) is 11.6 Å². The van der Waals surface area contributed by atoms with Crippen molar-refractivity contribution in [3.63, 3.8) is 0 Å². The van der Waals surface area contributed by atoms with Crippen LogP contribution in [0, 0.1) is 12.8 Å². The van der Waals surface area contributed by atoms with Gasteiger partial charge in [0.25, 0.3) is 15.9 Å². The van der Waals surface area contributed by atoms with Gasteiger partial charge < -0.3 is 10.4 Å². The number of carbonyl (C=O) groups excluding carboxylic acids is 1. The summed E-state index contributed by atoms with van der Waals surface area (Å²) in [6.45, 7) is 5.17. The molecule has 0 aliphatic rings. The summed E-state index contributed by atoms with van der Waals surface area (Å²) in [5.74, 6) is -1.83.